The van der Waals surface area contributed by atoms with E-state index in [1.165, 1.54) is 23.2 Å². The summed E-state index contributed by atoms with van der Waals surface area (Å²) in [6.45, 7) is 5.70. The van der Waals surface area contributed by atoms with Gasteiger partial charge in [-0.3, -0.25) is 14.4 Å². The van der Waals surface area contributed by atoms with Gasteiger partial charge in [-0.25, -0.2) is 14.8 Å². The fourth-order valence-corrected chi connectivity index (χ4v) is 8.94. The van der Waals surface area contributed by atoms with Crippen molar-refractivity contribution in [3.05, 3.63) is 41.8 Å². The molecule has 4 heterocycles. The molecular formula is C41H52N6O7S. The minimum atomic E-state index is -1.00. The fourth-order valence-electron chi connectivity index (χ4n) is 8.09. The van der Waals surface area contributed by atoms with Gasteiger partial charge in [0.2, 0.25) is 11.8 Å². The maximum atomic E-state index is 14.6. The van der Waals surface area contributed by atoms with Crippen LogP contribution in [0.15, 0.2) is 41.8 Å². The predicted molar refractivity (Wildman–Crippen MR) is 210 cm³/mol. The molecule has 1 saturated heterocycles. The number of pyridine rings is 1. The maximum absolute atomic E-state index is 14.6. The Morgan fingerprint density at radius 3 is 2.58 bits per heavy atom. The molecule has 2 saturated carbocycles. The number of nitrogens with zero attached hydrogens (tertiary/aromatic N) is 3. The summed E-state index contributed by atoms with van der Waals surface area (Å²) in [7, 11) is 1.60. The van der Waals surface area contributed by atoms with E-state index in [1.54, 1.807) is 7.11 Å². The number of aromatic nitrogens is 2. The number of allylic oxidation sites excluding steroid dienone is 1. The zero-order valence-corrected chi connectivity index (χ0v) is 32.9. The number of methoxy groups -OCH3 is 1. The Bertz CT molecular complexity index is 1940. The van der Waals surface area contributed by atoms with E-state index in [0.29, 0.717) is 47.7 Å². The standard InChI is InChI=1S/C41H52N6O7S/c1-24(2)42-39-44-34(23-55-39)33-20-36(30-17-16-28(52-4)18-32(30)43-33)53-29-19-35-37(49)46-41(25(3)48)21-26(41)12-8-6-5-7-9-15-31(38(50)47(35)22-29)45-40(51)54-27-13-10-11-14-27/h8,12,16-18,20,23-24,26-27,29,31,35H,5-7,9-11,13-15,19,21-22H2,1-4H3,(H,42,44)(H,45,51)(H,46,49)/t26?,29-,31+,35+,41+/m1/s1. The van der Waals surface area contributed by atoms with Gasteiger partial charge < -0.3 is 35.1 Å². The normalized spacial score (nSPS) is 26.1. The number of alkyl carbamates (subject to hydrolysis) is 1. The van der Waals surface area contributed by atoms with E-state index < -0.39 is 35.7 Å². The van der Waals surface area contributed by atoms with Crippen LogP contribution < -0.4 is 25.4 Å². The third-order valence-electron chi connectivity index (χ3n) is 11.2. The fraction of sp³-hybridized carbons (Fsp3) is 0.561. The van der Waals surface area contributed by atoms with Crippen LogP contribution in [-0.2, 0) is 19.1 Å². The Kier molecular flexibility index (Phi) is 11.6. The number of hydrogen-bond donors (Lipinski definition) is 3. The molecule has 2 aliphatic heterocycles. The molecule has 4 aliphatic rings. The maximum Gasteiger partial charge on any atom is 0.408 e. The molecule has 55 heavy (non-hydrogen) atoms. The SMILES string of the molecule is COc1ccc2c(O[C@@H]3C[C@H]4C(=O)N[C@]5(C(C)=O)CC5C=CCCCCC[C@H](NC(=O)OC5CCCC5)C(=O)N4C3)cc(-c3csc(NC(C)C)n3)nc2c1. The van der Waals surface area contributed by atoms with E-state index >= 15 is 0 Å². The van der Waals surface area contributed by atoms with Crippen molar-refractivity contribution in [2.24, 2.45) is 5.92 Å². The van der Waals surface area contributed by atoms with Crippen LogP contribution in [0.5, 0.6) is 11.5 Å². The molecule has 1 unspecified atom stereocenters. The molecule has 0 spiro atoms. The quantitative estimate of drug-likeness (QED) is 0.203. The second-order valence-electron chi connectivity index (χ2n) is 15.6. The van der Waals surface area contributed by atoms with Crippen molar-refractivity contribution in [2.45, 2.75) is 127 Å². The number of carbonyl (C=O) groups excluding carboxylic acids is 4. The number of nitrogens with one attached hydrogen (secondary N) is 3. The minimum Gasteiger partial charge on any atom is -0.497 e. The number of ketones is 1. The lowest BCUT2D eigenvalue weighted by molar-refractivity contribution is -0.141. The summed E-state index contributed by atoms with van der Waals surface area (Å²) in [6.07, 6.45) is 10.8. The molecule has 14 heteroatoms. The molecule has 3 amide bonds. The summed E-state index contributed by atoms with van der Waals surface area (Å²) < 4.78 is 18.0. The number of carbonyl (C=O) groups is 4. The summed E-state index contributed by atoms with van der Waals surface area (Å²) in [5, 5.41) is 12.7. The summed E-state index contributed by atoms with van der Waals surface area (Å²) in [4.78, 5) is 66.3. The lowest BCUT2D eigenvalue weighted by Crippen LogP contribution is -2.56. The highest BCUT2D eigenvalue weighted by molar-refractivity contribution is 7.14. The zero-order chi connectivity index (χ0) is 38.7. The zero-order valence-electron chi connectivity index (χ0n) is 32.1. The monoisotopic (exact) mass is 772 g/mol. The highest BCUT2D eigenvalue weighted by Crippen LogP contribution is 2.46. The average Bonchev–Trinajstić information content (AvgIpc) is 3.58. The second-order valence-corrected chi connectivity index (χ2v) is 16.5. The van der Waals surface area contributed by atoms with Gasteiger partial charge in [0.1, 0.15) is 47.0 Å². The van der Waals surface area contributed by atoms with Gasteiger partial charge in [-0.2, -0.15) is 0 Å². The van der Waals surface area contributed by atoms with Crippen molar-refractivity contribution in [3.63, 3.8) is 0 Å². The number of Topliss-reactive ketones (excluding diaryl/α,β-unsaturated/α-hetero) is 1. The molecule has 3 aromatic rings. The third kappa shape index (κ3) is 8.74. The van der Waals surface area contributed by atoms with Crippen molar-refractivity contribution < 1.29 is 33.4 Å². The third-order valence-corrected chi connectivity index (χ3v) is 12.0. The average molecular weight is 773 g/mol. The van der Waals surface area contributed by atoms with Crippen LogP contribution >= 0.6 is 11.3 Å². The minimum absolute atomic E-state index is 0.0949. The van der Waals surface area contributed by atoms with E-state index in [2.05, 4.69) is 35.9 Å². The van der Waals surface area contributed by atoms with Crippen LogP contribution in [0, 0.1) is 5.92 Å². The number of rotatable bonds is 9. The summed E-state index contributed by atoms with van der Waals surface area (Å²) in [5.41, 5.74) is 0.918. The molecular weight excluding hydrogens is 721 g/mol. The molecule has 2 aromatic heterocycles. The van der Waals surface area contributed by atoms with Crippen molar-refractivity contribution in [1.29, 1.82) is 0 Å². The van der Waals surface area contributed by atoms with Crippen molar-refractivity contribution >= 4 is 51.1 Å². The number of benzene rings is 1. The summed E-state index contributed by atoms with van der Waals surface area (Å²) in [6, 6.07) is 5.78. The van der Waals surface area contributed by atoms with Gasteiger partial charge in [-0.05, 0) is 84.3 Å². The largest absolute Gasteiger partial charge is 0.497 e. The number of amides is 3. The molecule has 0 bridgehead atoms. The number of thiazole rings is 1. The highest BCUT2D eigenvalue weighted by atomic mass is 32.1. The summed E-state index contributed by atoms with van der Waals surface area (Å²) in [5.74, 6) is 0.164. The topological polar surface area (TPSA) is 161 Å². The van der Waals surface area contributed by atoms with Crippen LogP contribution in [0.4, 0.5) is 9.93 Å². The van der Waals surface area contributed by atoms with Crippen LogP contribution in [0.25, 0.3) is 22.3 Å². The van der Waals surface area contributed by atoms with Gasteiger partial charge in [0, 0.05) is 41.3 Å². The number of anilines is 1. The molecule has 3 fully saturated rings. The first-order chi connectivity index (χ1) is 26.5. The Morgan fingerprint density at radius 1 is 1.02 bits per heavy atom. The molecule has 294 valence electrons. The first kappa shape index (κ1) is 38.6. The van der Waals surface area contributed by atoms with E-state index in [0.717, 1.165) is 55.5 Å². The first-order valence-corrected chi connectivity index (χ1v) is 20.6. The Hall–Kier alpha value is -4.72. The van der Waals surface area contributed by atoms with Crippen molar-refractivity contribution in [3.8, 4) is 22.9 Å². The molecule has 13 nitrogen and oxygen atoms in total. The van der Waals surface area contributed by atoms with E-state index in [1.807, 2.05) is 35.7 Å². The van der Waals surface area contributed by atoms with Gasteiger partial charge in [0.15, 0.2) is 10.9 Å². The second kappa shape index (κ2) is 16.6. The van der Waals surface area contributed by atoms with Gasteiger partial charge in [-0.15, -0.1) is 11.3 Å². The first-order valence-electron chi connectivity index (χ1n) is 19.7. The van der Waals surface area contributed by atoms with E-state index in [-0.39, 0.29) is 42.7 Å². The predicted octanol–water partition coefficient (Wildman–Crippen LogP) is 6.56. The molecule has 1 aromatic carbocycles. The van der Waals surface area contributed by atoms with E-state index in [9.17, 15) is 19.2 Å². The molecule has 0 radical (unpaired) electrons. The van der Waals surface area contributed by atoms with Crippen molar-refractivity contribution in [1.82, 2.24) is 25.5 Å². The van der Waals surface area contributed by atoms with Gasteiger partial charge in [0.05, 0.1) is 24.9 Å². The van der Waals surface area contributed by atoms with E-state index in [4.69, 9.17) is 24.2 Å². The molecule has 7 rings (SSSR count). The lowest BCUT2D eigenvalue weighted by Gasteiger charge is -2.29. The number of hydrogen-bond acceptors (Lipinski definition) is 11. The lowest BCUT2D eigenvalue weighted by atomic mass is 10.0. The smallest absolute Gasteiger partial charge is 0.408 e. The molecule has 3 N–H and O–H groups in total. The van der Waals surface area contributed by atoms with Gasteiger partial charge >= 0.3 is 6.09 Å². The summed E-state index contributed by atoms with van der Waals surface area (Å²) >= 11 is 1.49. The Balaban J connectivity index is 1.20. The van der Waals surface area contributed by atoms with Crippen LogP contribution in [0.3, 0.4) is 0 Å². The van der Waals surface area contributed by atoms with Crippen LogP contribution in [0.2, 0.25) is 0 Å². The highest BCUT2D eigenvalue weighted by Gasteiger charge is 2.59. The molecule has 5 atom stereocenters. The Morgan fingerprint density at radius 2 is 1.82 bits per heavy atom. The number of fused-ring (bicyclic) bond motifs is 3. The number of ether oxygens (including phenoxy) is 3. The van der Waals surface area contributed by atoms with Gasteiger partial charge in [0.25, 0.3) is 0 Å². The van der Waals surface area contributed by atoms with Gasteiger partial charge in [-0.1, -0.05) is 25.0 Å². The Labute approximate surface area is 326 Å². The van der Waals surface area contributed by atoms with Crippen molar-refractivity contribution in [2.75, 3.05) is 19.0 Å². The van der Waals surface area contributed by atoms with Crippen LogP contribution in [0.1, 0.15) is 91.4 Å². The molecule has 2 aliphatic carbocycles. The van der Waals surface area contributed by atoms with Crippen LogP contribution in [-0.4, -0.2) is 88.1 Å².